The fourth-order valence-electron chi connectivity index (χ4n) is 5.14. The molecule has 0 aliphatic rings. The van der Waals surface area contributed by atoms with Gasteiger partial charge in [0.05, 0.1) is 18.4 Å². The van der Waals surface area contributed by atoms with Gasteiger partial charge >= 0.3 is 0 Å². The number of rotatable bonds is 19. The van der Waals surface area contributed by atoms with Crippen LogP contribution in [0.5, 0.6) is 5.75 Å². The van der Waals surface area contributed by atoms with Gasteiger partial charge in [-0.3, -0.25) is 14.1 Å². The van der Waals surface area contributed by atoms with E-state index >= 15 is 0 Å². The number of unbranched alkanes of at least 4 members (excludes halogenated alkanes) is 6. The smallest absolute Gasteiger partial charge is 0.264 e. The monoisotopic (exact) mass is 614 g/mol. The molecule has 1 aromatic heterocycles. The number of aromatic nitrogens is 1. The molecule has 0 atom stereocenters. The highest BCUT2D eigenvalue weighted by atomic mass is 32.2. The van der Waals surface area contributed by atoms with Gasteiger partial charge in [0.25, 0.3) is 10.1 Å². The van der Waals surface area contributed by atoms with E-state index in [-0.39, 0.29) is 31.4 Å². The van der Waals surface area contributed by atoms with E-state index in [1.807, 2.05) is 51.9 Å². The number of nitrogens with zero attached hydrogens (tertiary/aromatic N) is 2. The third-order valence-electron chi connectivity index (χ3n) is 7.64. The summed E-state index contributed by atoms with van der Waals surface area (Å²) < 4.78 is 37.7. The van der Waals surface area contributed by atoms with Crippen LogP contribution in [0.1, 0.15) is 101 Å². The Kier molecular flexibility index (Phi) is 14.9. The maximum atomic E-state index is 13.7. The van der Waals surface area contributed by atoms with Crippen LogP contribution in [0.25, 0.3) is 10.9 Å². The zero-order valence-electron chi connectivity index (χ0n) is 25.3. The SMILES string of the molecule is C.CCCCN(CCCC)C(=O)Cn1cc(C(=O)c2ccc(CCCCCCCS(=O)(=O)O)cc2)c2ccc(OC)cc21. The average molecular weight is 615 g/mol. The summed E-state index contributed by atoms with van der Waals surface area (Å²) in [7, 11) is -2.27. The van der Waals surface area contributed by atoms with Crippen LogP contribution >= 0.6 is 0 Å². The predicted molar refractivity (Wildman–Crippen MR) is 175 cm³/mol. The third kappa shape index (κ3) is 11.1. The first kappa shape index (κ1) is 36.0. The standard InChI is InChI=1S/C33H46N2O6S.CH4/c1-4-6-20-34(21-7-5-2)32(36)25-35-24-30(29-19-18-28(41-3)23-31(29)35)33(37)27-16-14-26(15-17-27)13-11-9-8-10-12-22-42(38,39)40;/h14-19,23-24H,4-13,20-22,25H2,1-3H3,(H,38,39,40);1H4. The van der Waals surface area contributed by atoms with E-state index < -0.39 is 10.1 Å². The summed E-state index contributed by atoms with van der Waals surface area (Å²) in [6, 6.07) is 13.3. The van der Waals surface area contributed by atoms with Crippen molar-refractivity contribution in [3.8, 4) is 5.75 Å². The lowest BCUT2D eigenvalue weighted by Crippen LogP contribution is -2.35. The molecule has 3 rings (SSSR count). The van der Waals surface area contributed by atoms with Crippen LogP contribution in [-0.4, -0.2) is 60.1 Å². The summed E-state index contributed by atoms with van der Waals surface area (Å²) in [6.45, 7) is 5.89. The number of ether oxygens (including phenoxy) is 1. The molecule has 8 nitrogen and oxygen atoms in total. The maximum Gasteiger partial charge on any atom is 0.264 e. The van der Waals surface area contributed by atoms with Crippen LogP contribution in [0.4, 0.5) is 0 Å². The van der Waals surface area contributed by atoms with Gasteiger partial charge in [-0.25, -0.2) is 0 Å². The molecule has 0 radical (unpaired) electrons. The van der Waals surface area contributed by atoms with Gasteiger partial charge in [-0.2, -0.15) is 8.42 Å². The fraction of sp³-hybridized carbons (Fsp3) is 0.529. The molecular formula is C34H50N2O6S. The van der Waals surface area contributed by atoms with Gasteiger partial charge in [-0.05, 0) is 49.8 Å². The van der Waals surface area contributed by atoms with Crippen molar-refractivity contribution in [1.29, 1.82) is 0 Å². The van der Waals surface area contributed by atoms with E-state index in [1.165, 1.54) is 0 Å². The zero-order valence-corrected chi connectivity index (χ0v) is 26.1. The highest BCUT2D eigenvalue weighted by Crippen LogP contribution is 2.28. The normalized spacial score (nSPS) is 11.3. The van der Waals surface area contributed by atoms with E-state index in [4.69, 9.17) is 9.29 Å². The van der Waals surface area contributed by atoms with Crippen molar-refractivity contribution in [2.45, 2.75) is 92.0 Å². The lowest BCUT2D eigenvalue weighted by atomic mass is 9.99. The van der Waals surface area contributed by atoms with Crippen LogP contribution < -0.4 is 4.74 Å². The summed E-state index contributed by atoms with van der Waals surface area (Å²) in [5.41, 5.74) is 3.09. The Balaban J connectivity index is 0.00000645. The number of carbonyl (C=O) groups excluding carboxylic acids is 2. The number of aryl methyl sites for hydroxylation is 1. The van der Waals surface area contributed by atoms with Gasteiger partial charge in [0.1, 0.15) is 12.3 Å². The van der Waals surface area contributed by atoms with E-state index in [0.717, 1.165) is 87.3 Å². The molecule has 1 amide bonds. The van der Waals surface area contributed by atoms with E-state index in [0.29, 0.717) is 23.3 Å². The molecule has 0 fully saturated rings. The minimum Gasteiger partial charge on any atom is -0.497 e. The quantitative estimate of drug-likeness (QED) is 0.0861. The van der Waals surface area contributed by atoms with Gasteiger partial charge in [0.15, 0.2) is 5.78 Å². The summed E-state index contributed by atoms with van der Waals surface area (Å²) in [4.78, 5) is 29.0. The molecule has 0 bridgehead atoms. The van der Waals surface area contributed by atoms with Crippen molar-refractivity contribution in [1.82, 2.24) is 9.47 Å². The lowest BCUT2D eigenvalue weighted by molar-refractivity contribution is -0.131. The number of amides is 1. The Hall–Kier alpha value is -3.17. The number of benzene rings is 2. The fourth-order valence-corrected chi connectivity index (χ4v) is 5.71. The van der Waals surface area contributed by atoms with Crippen molar-refractivity contribution in [2.75, 3.05) is 26.0 Å². The minimum absolute atomic E-state index is 0. The van der Waals surface area contributed by atoms with Gasteiger partial charge < -0.3 is 14.2 Å². The lowest BCUT2D eigenvalue weighted by Gasteiger charge is -2.23. The van der Waals surface area contributed by atoms with Gasteiger partial charge in [-0.15, -0.1) is 0 Å². The van der Waals surface area contributed by atoms with Crippen LogP contribution in [0.15, 0.2) is 48.7 Å². The number of ketones is 1. The Morgan fingerprint density at radius 1 is 0.884 bits per heavy atom. The van der Waals surface area contributed by atoms with Crippen molar-refractivity contribution in [3.05, 3.63) is 65.4 Å². The number of fused-ring (bicyclic) bond motifs is 1. The van der Waals surface area contributed by atoms with Crippen LogP contribution in [0.3, 0.4) is 0 Å². The van der Waals surface area contributed by atoms with Crippen LogP contribution in [0.2, 0.25) is 0 Å². The first-order valence-corrected chi connectivity index (χ1v) is 16.8. The Bertz CT molecular complexity index is 1400. The van der Waals surface area contributed by atoms with E-state index in [2.05, 4.69) is 13.8 Å². The summed E-state index contributed by atoms with van der Waals surface area (Å²) in [6.07, 6.45) is 10.8. The molecule has 0 aliphatic carbocycles. The van der Waals surface area contributed by atoms with Crippen LogP contribution in [0, 0.1) is 0 Å². The number of hydrogen-bond acceptors (Lipinski definition) is 5. The largest absolute Gasteiger partial charge is 0.497 e. The molecule has 1 N–H and O–H groups in total. The van der Waals surface area contributed by atoms with Crippen molar-refractivity contribution in [2.24, 2.45) is 0 Å². The molecule has 238 valence electrons. The first-order valence-electron chi connectivity index (χ1n) is 15.2. The highest BCUT2D eigenvalue weighted by molar-refractivity contribution is 7.85. The topological polar surface area (TPSA) is 106 Å². The molecule has 0 saturated carbocycles. The minimum atomic E-state index is -3.87. The third-order valence-corrected chi connectivity index (χ3v) is 8.44. The molecular weight excluding hydrogens is 564 g/mol. The number of hydrogen-bond donors (Lipinski definition) is 1. The molecule has 3 aromatic rings. The van der Waals surface area contributed by atoms with Crippen molar-refractivity contribution >= 4 is 32.7 Å². The molecule has 0 spiro atoms. The Morgan fingerprint density at radius 2 is 1.51 bits per heavy atom. The van der Waals surface area contributed by atoms with Gasteiger partial charge in [0, 0.05) is 41.9 Å². The zero-order chi connectivity index (χ0) is 30.5. The number of methoxy groups -OCH3 is 1. The Morgan fingerprint density at radius 3 is 2.12 bits per heavy atom. The Labute approximate surface area is 258 Å². The summed E-state index contributed by atoms with van der Waals surface area (Å²) in [5.74, 6) is 0.459. The summed E-state index contributed by atoms with van der Waals surface area (Å²) >= 11 is 0. The molecule has 0 saturated heterocycles. The molecule has 1 heterocycles. The first-order chi connectivity index (χ1) is 20.2. The van der Waals surface area contributed by atoms with Crippen molar-refractivity contribution < 1.29 is 27.3 Å². The number of carbonyl (C=O) groups is 2. The van der Waals surface area contributed by atoms with Gasteiger partial charge in [0.2, 0.25) is 5.91 Å². The molecule has 2 aromatic carbocycles. The predicted octanol–water partition coefficient (Wildman–Crippen LogP) is 7.33. The molecule has 0 aliphatic heterocycles. The maximum absolute atomic E-state index is 13.7. The molecule has 43 heavy (non-hydrogen) atoms. The summed E-state index contributed by atoms with van der Waals surface area (Å²) in [5, 5.41) is 0.792. The second-order valence-electron chi connectivity index (χ2n) is 11.0. The van der Waals surface area contributed by atoms with E-state index in [1.54, 1.807) is 13.3 Å². The highest BCUT2D eigenvalue weighted by Gasteiger charge is 2.20. The molecule has 9 heteroatoms. The second-order valence-corrected chi connectivity index (χ2v) is 12.5. The molecule has 0 unspecified atom stereocenters. The van der Waals surface area contributed by atoms with Gasteiger partial charge in [-0.1, -0.05) is 77.6 Å². The van der Waals surface area contributed by atoms with Crippen LogP contribution in [-0.2, 0) is 27.9 Å². The average Bonchev–Trinajstić information content (AvgIpc) is 3.33. The second kappa shape index (κ2) is 17.8. The van der Waals surface area contributed by atoms with E-state index in [9.17, 15) is 18.0 Å². The van der Waals surface area contributed by atoms with Crippen molar-refractivity contribution in [3.63, 3.8) is 0 Å².